The first-order chi connectivity index (χ1) is 19.1. The van der Waals surface area contributed by atoms with Crippen molar-refractivity contribution in [2.45, 2.75) is 64.6 Å². The zero-order chi connectivity index (χ0) is 28.2. The molecule has 1 aliphatic carbocycles. The molecule has 1 N–H and O–H groups in total. The van der Waals surface area contributed by atoms with Gasteiger partial charge in [0.25, 0.3) is 5.91 Å². The van der Waals surface area contributed by atoms with Gasteiger partial charge in [0.1, 0.15) is 11.2 Å². The Bertz CT molecular complexity index is 1610. The molecule has 0 bridgehead atoms. The third kappa shape index (κ3) is 5.33. The SMILES string of the molecule is Cn1c(-c2cc3c(Br)ccnc3n2CC2CC2)nc2cc(C(=O)N3CCC[C@@H](NC(=O)OC(C)(C)C)C3)ccc21. The predicted molar refractivity (Wildman–Crippen MR) is 158 cm³/mol. The largest absolute Gasteiger partial charge is 0.444 e. The molecule has 1 saturated carbocycles. The lowest BCUT2D eigenvalue weighted by Gasteiger charge is -2.33. The van der Waals surface area contributed by atoms with E-state index in [0.29, 0.717) is 24.6 Å². The van der Waals surface area contributed by atoms with E-state index in [0.717, 1.165) is 57.4 Å². The second kappa shape index (κ2) is 10.2. The van der Waals surface area contributed by atoms with Crippen LogP contribution in [0.2, 0.25) is 0 Å². The van der Waals surface area contributed by atoms with Crippen molar-refractivity contribution in [3.63, 3.8) is 0 Å². The number of carbonyl (C=O) groups excluding carboxylic acids is 2. The number of likely N-dealkylation sites (tertiary alicyclic amines) is 1. The van der Waals surface area contributed by atoms with Crippen molar-refractivity contribution in [1.29, 1.82) is 0 Å². The van der Waals surface area contributed by atoms with E-state index < -0.39 is 11.7 Å². The number of amides is 2. The van der Waals surface area contributed by atoms with Gasteiger partial charge in [-0.25, -0.2) is 14.8 Å². The Morgan fingerprint density at radius 1 is 1.15 bits per heavy atom. The van der Waals surface area contributed by atoms with E-state index >= 15 is 0 Å². The molecule has 1 saturated heterocycles. The molecule has 210 valence electrons. The normalized spacial score (nSPS) is 17.9. The third-order valence-electron chi connectivity index (χ3n) is 7.67. The summed E-state index contributed by atoms with van der Waals surface area (Å²) in [5, 5.41) is 4.00. The van der Waals surface area contributed by atoms with Gasteiger partial charge in [-0.3, -0.25) is 4.79 Å². The number of nitrogens with one attached hydrogen (secondary N) is 1. The molecule has 6 rings (SSSR count). The Kier molecular flexibility index (Phi) is 6.84. The first-order valence-corrected chi connectivity index (χ1v) is 14.8. The van der Waals surface area contributed by atoms with Gasteiger partial charge in [0.15, 0.2) is 5.82 Å². The summed E-state index contributed by atoms with van der Waals surface area (Å²) in [6, 6.07) is 9.72. The number of fused-ring (bicyclic) bond motifs is 2. The van der Waals surface area contributed by atoms with Gasteiger partial charge in [-0.15, -0.1) is 0 Å². The van der Waals surface area contributed by atoms with Gasteiger partial charge in [0.05, 0.1) is 16.7 Å². The summed E-state index contributed by atoms with van der Waals surface area (Å²) in [7, 11) is 2.02. The molecule has 9 nitrogen and oxygen atoms in total. The molecule has 0 radical (unpaired) electrons. The van der Waals surface area contributed by atoms with Crippen LogP contribution in [0.5, 0.6) is 0 Å². The number of aryl methyl sites for hydroxylation is 1. The molecule has 2 fully saturated rings. The van der Waals surface area contributed by atoms with Gasteiger partial charge < -0.3 is 24.1 Å². The Hall–Kier alpha value is -3.40. The maximum absolute atomic E-state index is 13.5. The number of piperidine rings is 1. The van der Waals surface area contributed by atoms with Crippen molar-refractivity contribution in [3.05, 3.63) is 46.6 Å². The summed E-state index contributed by atoms with van der Waals surface area (Å²) in [4.78, 5) is 37.3. The van der Waals surface area contributed by atoms with Crippen LogP contribution in [-0.2, 0) is 18.3 Å². The number of pyridine rings is 1. The highest BCUT2D eigenvalue weighted by Crippen LogP contribution is 2.37. The van der Waals surface area contributed by atoms with E-state index in [1.165, 1.54) is 12.8 Å². The second-order valence-corrected chi connectivity index (χ2v) is 12.9. The fraction of sp³-hybridized carbons (Fsp3) is 0.467. The number of aromatic nitrogens is 4. The number of imidazole rings is 1. The van der Waals surface area contributed by atoms with Crippen LogP contribution in [0.25, 0.3) is 33.6 Å². The van der Waals surface area contributed by atoms with Gasteiger partial charge in [0, 0.05) is 54.3 Å². The fourth-order valence-corrected chi connectivity index (χ4v) is 5.95. The lowest BCUT2D eigenvalue weighted by molar-refractivity contribution is 0.0452. The van der Waals surface area contributed by atoms with E-state index in [2.05, 4.69) is 36.4 Å². The van der Waals surface area contributed by atoms with Gasteiger partial charge >= 0.3 is 6.09 Å². The smallest absolute Gasteiger partial charge is 0.407 e. The number of alkyl carbamates (subject to hydrolysis) is 1. The van der Waals surface area contributed by atoms with Crippen LogP contribution in [0.4, 0.5) is 4.79 Å². The molecular formula is C30H35BrN6O3. The lowest BCUT2D eigenvalue weighted by atomic mass is 10.0. The Morgan fingerprint density at radius 3 is 2.70 bits per heavy atom. The monoisotopic (exact) mass is 606 g/mol. The molecule has 0 unspecified atom stereocenters. The minimum Gasteiger partial charge on any atom is -0.444 e. The van der Waals surface area contributed by atoms with Crippen LogP contribution in [0.15, 0.2) is 41.0 Å². The summed E-state index contributed by atoms with van der Waals surface area (Å²) < 4.78 is 10.8. The average Bonchev–Trinajstić information content (AvgIpc) is 3.56. The highest BCUT2D eigenvalue weighted by Gasteiger charge is 2.29. The minimum absolute atomic E-state index is 0.0548. The van der Waals surface area contributed by atoms with Gasteiger partial charge in [0.2, 0.25) is 0 Å². The molecule has 4 heterocycles. The number of benzene rings is 1. The molecular weight excluding hydrogens is 572 g/mol. The lowest BCUT2D eigenvalue weighted by Crippen LogP contribution is -2.50. The summed E-state index contributed by atoms with van der Waals surface area (Å²) in [6.45, 7) is 7.54. The zero-order valence-electron chi connectivity index (χ0n) is 23.4. The molecule has 2 amide bonds. The molecule has 1 aliphatic heterocycles. The van der Waals surface area contributed by atoms with E-state index in [4.69, 9.17) is 14.7 Å². The molecule has 1 atom stereocenters. The number of carbonyl (C=O) groups is 2. The average molecular weight is 608 g/mol. The van der Waals surface area contributed by atoms with E-state index in [1.54, 1.807) is 0 Å². The number of halogens is 1. The standard InChI is InChI=1S/C30H35BrN6O3/c1-30(2,3)40-29(39)33-20-6-5-13-36(17-20)28(38)19-9-10-24-23(14-19)34-27(35(24)4)25-15-21-22(31)11-12-32-26(21)37(25)16-18-7-8-18/h9-12,14-15,18,20H,5-8,13,16-17H2,1-4H3,(H,33,39)/t20-/m1/s1. The van der Waals surface area contributed by atoms with Gasteiger partial charge in [-0.1, -0.05) is 0 Å². The zero-order valence-corrected chi connectivity index (χ0v) is 25.0. The predicted octanol–water partition coefficient (Wildman–Crippen LogP) is 5.89. The van der Waals surface area contributed by atoms with Crippen molar-refractivity contribution in [2.24, 2.45) is 13.0 Å². The van der Waals surface area contributed by atoms with Crippen molar-refractivity contribution >= 4 is 50.0 Å². The maximum Gasteiger partial charge on any atom is 0.407 e. The van der Waals surface area contributed by atoms with Gasteiger partial charge in [-0.05, 0) is 98.6 Å². The van der Waals surface area contributed by atoms with E-state index in [9.17, 15) is 9.59 Å². The number of nitrogens with zero attached hydrogens (tertiary/aromatic N) is 5. The maximum atomic E-state index is 13.5. The molecule has 3 aromatic heterocycles. The molecule has 0 spiro atoms. The van der Waals surface area contributed by atoms with Crippen LogP contribution >= 0.6 is 15.9 Å². The second-order valence-electron chi connectivity index (χ2n) is 12.0. The molecule has 10 heteroatoms. The Labute approximate surface area is 242 Å². The van der Waals surface area contributed by atoms with Crippen LogP contribution in [0.1, 0.15) is 56.8 Å². The summed E-state index contributed by atoms with van der Waals surface area (Å²) >= 11 is 3.69. The summed E-state index contributed by atoms with van der Waals surface area (Å²) in [5.41, 5.74) is 3.76. The van der Waals surface area contributed by atoms with E-state index in [1.807, 2.05) is 63.2 Å². The van der Waals surface area contributed by atoms with Crippen LogP contribution in [-0.4, -0.2) is 60.7 Å². The number of hydrogen-bond acceptors (Lipinski definition) is 5. The van der Waals surface area contributed by atoms with Crippen molar-refractivity contribution in [1.82, 2.24) is 29.3 Å². The van der Waals surface area contributed by atoms with Crippen LogP contribution < -0.4 is 5.32 Å². The van der Waals surface area contributed by atoms with Crippen molar-refractivity contribution < 1.29 is 14.3 Å². The number of rotatable bonds is 5. The summed E-state index contributed by atoms with van der Waals surface area (Å²) in [5.74, 6) is 1.47. The Balaban J connectivity index is 1.27. The van der Waals surface area contributed by atoms with Crippen LogP contribution in [0, 0.1) is 5.92 Å². The number of ether oxygens (including phenoxy) is 1. The minimum atomic E-state index is -0.565. The van der Waals surface area contributed by atoms with Gasteiger partial charge in [-0.2, -0.15) is 0 Å². The van der Waals surface area contributed by atoms with Crippen molar-refractivity contribution in [3.8, 4) is 11.5 Å². The third-order valence-corrected chi connectivity index (χ3v) is 8.36. The molecule has 4 aromatic rings. The first-order valence-electron chi connectivity index (χ1n) is 14.0. The fourth-order valence-electron chi connectivity index (χ4n) is 5.54. The highest BCUT2D eigenvalue weighted by molar-refractivity contribution is 9.10. The molecule has 40 heavy (non-hydrogen) atoms. The van der Waals surface area contributed by atoms with E-state index in [-0.39, 0.29) is 11.9 Å². The highest BCUT2D eigenvalue weighted by atomic mass is 79.9. The van der Waals surface area contributed by atoms with Crippen molar-refractivity contribution in [2.75, 3.05) is 13.1 Å². The topological polar surface area (TPSA) is 94.3 Å². The number of hydrogen-bond donors (Lipinski definition) is 1. The molecule has 1 aromatic carbocycles. The quantitative estimate of drug-likeness (QED) is 0.305. The molecule has 2 aliphatic rings. The Morgan fingerprint density at radius 2 is 1.95 bits per heavy atom. The van der Waals surface area contributed by atoms with Crippen LogP contribution in [0.3, 0.4) is 0 Å². The first kappa shape index (κ1) is 26.8. The summed E-state index contributed by atoms with van der Waals surface area (Å²) in [6.07, 6.45) is 5.50.